The first-order chi connectivity index (χ1) is 21.1. The number of phenols is 1. The molecule has 0 radical (unpaired) electrons. The summed E-state index contributed by atoms with van der Waals surface area (Å²) in [6.07, 6.45) is 2.37. The van der Waals surface area contributed by atoms with Gasteiger partial charge in [-0.15, -0.1) is 0 Å². The van der Waals surface area contributed by atoms with Gasteiger partial charge in [-0.1, -0.05) is 19.1 Å². The molecule has 228 valence electrons. The van der Waals surface area contributed by atoms with Crippen LogP contribution in [0.3, 0.4) is 0 Å². The van der Waals surface area contributed by atoms with Crippen LogP contribution in [0.2, 0.25) is 0 Å². The predicted octanol–water partition coefficient (Wildman–Crippen LogP) is 4.43. The number of hydrogen-bond acceptors (Lipinski definition) is 8. The van der Waals surface area contributed by atoms with Crippen LogP contribution in [0.5, 0.6) is 11.8 Å². The van der Waals surface area contributed by atoms with Gasteiger partial charge in [0.1, 0.15) is 22.9 Å². The average Bonchev–Trinajstić information content (AvgIpc) is 3.49. The Bertz CT molecular complexity index is 1840. The summed E-state index contributed by atoms with van der Waals surface area (Å²) in [4.78, 5) is 38.0. The first kappa shape index (κ1) is 28.4. The van der Waals surface area contributed by atoms with Crippen molar-refractivity contribution in [1.29, 1.82) is 0 Å². The van der Waals surface area contributed by atoms with E-state index in [0.717, 1.165) is 19.4 Å². The maximum Gasteiger partial charge on any atom is 0.319 e. The maximum atomic E-state index is 16.7. The molecule has 1 aliphatic carbocycles. The van der Waals surface area contributed by atoms with E-state index in [4.69, 9.17) is 9.72 Å². The highest BCUT2D eigenvalue weighted by molar-refractivity contribution is 6.07. The molecule has 2 saturated heterocycles. The van der Waals surface area contributed by atoms with Gasteiger partial charge in [0.25, 0.3) is 0 Å². The molecule has 2 atom stereocenters. The number of nitrogens with zero attached hydrogens (tertiary/aromatic N) is 4. The number of phenolic OH excluding ortho intramolecular Hbond substituents is 1. The molecule has 2 aliphatic heterocycles. The van der Waals surface area contributed by atoms with Crippen molar-refractivity contribution < 1.29 is 28.2 Å². The molecule has 3 heterocycles. The van der Waals surface area contributed by atoms with Crippen molar-refractivity contribution in [2.24, 2.45) is 17.3 Å². The smallest absolute Gasteiger partial charge is 0.319 e. The molecule has 2 unspecified atom stereocenters. The molecule has 1 aromatic heterocycles. The van der Waals surface area contributed by atoms with Crippen LogP contribution >= 0.6 is 0 Å². The van der Waals surface area contributed by atoms with Gasteiger partial charge >= 0.3 is 6.01 Å². The predicted molar refractivity (Wildman–Crippen MR) is 161 cm³/mol. The lowest BCUT2D eigenvalue weighted by Crippen LogP contribution is -2.32. The Balaban J connectivity index is 1.38. The monoisotopic (exact) mass is 601 g/mol. The van der Waals surface area contributed by atoms with Crippen molar-refractivity contribution in [3.05, 3.63) is 53.6 Å². The summed E-state index contributed by atoms with van der Waals surface area (Å²) in [7, 11) is 4.01. The van der Waals surface area contributed by atoms with Crippen molar-refractivity contribution in [2.45, 2.75) is 26.2 Å². The number of carbonyl (C=O) groups is 2. The summed E-state index contributed by atoms with van der Waals surface area (Å²) < 4.78 is 37.8. The largest absolute Gasteiger partial charge is 0.508 e. The molecule has 1 saturated carbocycles. The molecule has 4 aromatic rings. The van der Waals surface area contributed by atoms with E-state index >= 15 is 4.39 Å². The van der Waals surface area contributed by atoms with Crippen molar-refractivity contribution in [1.82, 2.24) is 20.2 Å². The Hall–Kier alpha value is -4.38. The number of rotatable bonds is 8. The van der Waals surface area contributed by atoms with Gasteiger partial charge in [0, 0.05) is 36.0 Å². The molecule has 2 amide bonds. The minimum Gasteiger partial charge on any atom is -0.508 e. The van der Waals surface area contributed by atoms with E-state index in [1.807, 2.05) is 25.9 Å². The number of aromatic hydroxyl groups is 1. The van der Waals surface area contributed by atoms with Gasteiger partial charge in [-0.05, 0) is 79.5 Å². The zero-order valence-electron chi connectivity index (χ0n) is 24.8. The van der Waals surface area contributed by atoms with Gasteiger partial charge in [-0.25, -0.2) is 8.78 Å². The summed E-state index contributed by atoms with van der Waals surface area (Å²) in [6.45, 7) is 3.52. The van der Waals surface area contributed by atoms with Gasteiger partial charge in [-0.2, -0.15) is 9.97 Å². The first-order valence-corrected chi connectivity index (χ1v) is 14.9. The number of aryl methyl sites for hydroxylation is 1. The lowest BCUT2D eigenvalue weighted by molar-refractivity contribution is -0.126. The molecule has 0 spiro atoms. The molecule has 3 aromatic carbocycles. The van der Waals surface area contributed by atoms with Crippen molar-refractivity contribution in [3.63, 3.8) is 0 Å². The second kappa shape index (κ2) is 10.4. The maximum absolute atomic E-state index is 16.7. The molecule has 44 heavy (non-hydrogen) atoms. The summed E-state index contributed by atoms with van der Waals surface area (Å²) >= 11 is 0. The summed E-state index contributed by atoms with van der Waals surface area (Å²) in [5.74, 6) is -2.44. The van der Waals surface area contributed by atoms with E-state index in [2.05, 4.69) is 15.2 Å². The fourth-order valence-electron chi connectivity index (χ4n) is 6.93. The van der Waals surface area contributed by atoms with Crippen LogP contribution in [0, 0.1) is 28.9 Å². The number of anilines is 1. The van der Waals surface area contributed by atoms with E-state index in [1.54, 1.807) is 18.2 Å². The number of halogens is 2. The molecule has 2 N–H and O–H groups in total. The van der Waals surface area contributed by atoms with Crippen molar-refractivity contribution in [3.8, 4) is 22.9 Å². The van der Waals surface area contributed by atoms with Crippen molar-refractivity contribution >= 4 is 39.3 Å². The third kappa shape index (κ3) is 4.70. The number of amides is 2. The molecule has 7 rings (SSSR count). The normalized spacial score (nSPS) is 20.5. The van der Waals surface area contributed by atoms with E-state index < -0.39 is 23.5 Å². The summed E-state index contributed by atoms with van der Waals surface area (Å²) in [5, 5.41) is 14.4. The standard InChI is InChI=1S/C33H33F2N5O4/c1-4-19-25(34)8-5-17-11-18(41)12-22(26(17)19)20-6-7-21-28(27(20)35)36-32(44-16-33(9-10-33)15-39(2)3)37-29(21)40-13-23-24(14-40)31(43)38-30(23)42/h5-8,11-12,23-24,41H,4,9-10,13-16H2,1-3H3,(H,38,42,43). The number of benzene rings is 3. The van der Waals surface area contributed by atoms with Crippen LogP contribution in [-0.4, -0.2) is 72.1 Å². The van der Waals surface area contributed by atoms with Gasteiger partial charge in [0.05, 0.1) is 18.4 Å². The fraction of sp³-hybridized carbons (Fsp3) is 0.394. The van der Waals surface area contributed by atoms with Crippen LogP contribution in [0.15, 0.2) is 36.4 Å². The quantitative estimate of drug-likeness (QED) is 0.286. The Morgan fingerprint density at radius 1 is 1.05 bits per heavy atom. The van der Waals surface area contributed by atoms with E-state index in [1.165, 1.54) is 18.2 Å². The van der Waals surface area contributed by atoms with Crippen LogP contribution in [0.25, 0.3) is 32.8 Å². The third-order valence-corrected chi connectivity index (χ3v) is 9.22. The molecule has 3 fully saturated rings. The Kier molecular flexibility index (Phi) is 6.69. The zero-order valence-corrected chi connectivity index (χ0v) is 24.8. The molecule has 9 nitrogen and oxygen atoms in total. The minimum atomic E-state index is -0.670. The van der Waals surface area contributed by atoms with Gasteiger partial charge < -0.3 is 19.6 Å². The molecule has 0 bridgehead atoms. The number of ether oxygens (including phenoxy) is 1. The van der Waals surface area contributed by atoms with E-state index in [0.29, 0.717) is 46.1 Å². The molecule has 3 aliphatic rings. The lowest BCUT2D eigenvalue weighted by Gasteiger charge is -2.23. The molecular formula is C33H33F2N5O4. The minimum absolute atomic E-state index is 0.00117. The van der Waals surface area contributed by atoms with Crippen LogP contribution in [0.4, 0.5) is 14.6 Å². The number of nitrogens with one attached hydrogen (secondary N) is 1. The number of fused-ring (bicyclic) bond motifs is 3. The van der Waals surface area contributed by atoms with Gasteiger partial charge in [-0.3, -0.25) is 14.9 Å². The Morgan fingerprint density at radius 3 is 2.43 bits per heavy atom. The average molecular weight is 602 g/mol. The summed E-state index contributed by atoms with van der Waals surface area (Å²) in [6, 6.07) is 9.17. The van der Waals surface area contributed by atoms with Gasteiger partial charge in [0.15, 0.2) is 5.82 Å². The number of aromatic nitrogens is 2. The van der Waals surface area contributed by atoms with Crippen LogP contribution in [-0.2, 0) is 16.0 Å². The molecule has 11 heteroatoms. The Labute approximate surface area is 252 Å². The topological polar surface area (TPSA) is 108 Å². The van der Waals surface area contributed by atoms with Gasteiger partial charge in [0.2, 0.25) is 11.8 Å². The fourth-order valence-corrected chi connectivity index (χ4v) is 6.93. The first-order valence-electron chi connectivity index (χ1n) is 14.9. The zero-order chi connectivity index (χ0) is 30.9. The van der Waals surface area contributed by atoms with E-state index in [-0.39, 0.29) is 53.2 Å². The summed E-state index contributed by atoms with van der Waals surface area (Å²) in [5.41, 5.74) is 0.886. The second-order valence-electron chi connectivity index (χ2n) is 12.6. The second-order valence-corrected chi connectivity index (χ2v) is 12.6. The highest BCUT2D eigenvalue weighted by Crippen LogP contribution is 2.46. The molecular weight excluding hydrogens is 568 g/mol. The number of imide groups is 1. The Morgan fingerprint density at radius 2 is 1.77 bits per heavy atom. The number of hydrogen-bond donors (Lipinski definition) is 2. The lowest BCUT2D eigenvalue weighted by atomic mass is 9.92. The van der Waals surface area contributed by atoms with Crippen LogP contribution < -0.4 is 15.0 Å². The van der Waals surface area contributed by atoms with Crippen LogP contribution in [0.1, 0.15) is 25.3 Å². The van der Waals surface area contributed by atoms with E-state index in [9.17, 15) is 19.1 Å². The van der Waals surface area contributed by atoms with Crippen molar-refractivity contribution in [2.75, 3.05) is 45.2 Å². The highest BCUT2D eigenvalue weighted by Gasteiger charge is 2.48. The number of carbonyl (C=O) groups excluding carboxylic acids is 2. The highest BCUT2D eigenvalue weighted by atomic mass is 19.1. The SMILES string of the molecule is CCc1c(F)ccc2cc(O)cc(-c3ccc4c(N5CC6C(=O)NC(=O)C6C5)nc(OCC5(CN(C)C)CC5)nc4c3F)c12. The third-order valence-electron chi connectivity index (χ3n) is 9.22.